The Kier molecular flexibility index (Phi) is 4.69. The van der Waals surface area contributed by atoms with Gasteiger partial charge in [0.1, 0.15) is 0 Å². The molecule has 2 heteroatoms. The first-order valence-electron chi connectivity index (χ1n) is 4.42. The van der Waals surface area contributed by atoms with Crippen molar-refractivity contribution in [2.45, 2.75) is 33.3 Å². The molecule has 1 saturated heterocycles. The Balaban J connectivity index is 0.000000461. The molecule has 0 amide bonds. The Morgan fingerprint density at radius 1 is 1.27 bits per heavy atom. The Morgan fingerprint density at radius 3 is 1.82 bits per heavy atom. The minimum Gasteiger partial charge on any atom is -0.378 e. The number of nitrogens with one attached hydrogen (secondary N) is 1. The standard InChI is InChI=1S/C7H15NO.C2H6/c1-7(2,9-3)6-4-8-5-6;1-2/h6,8H,4-5H2,1-3H3;1-2H3. The van der Waals surface area contributed by atoms with Gasteiger partial charge in [0.2, 0.25) is 0 Å². The zero-order valence-electron chi connectivity index (χ0n) is 8.40. The Hall–Kier alpha value is -0.0800. The third-order valence-electron chi connectivity index (χ3n) is 2.29. The van der Waals surface area contributed by atoms with E-state index < -0.39 is 0 Å². The number of rotatable bonds is 2. The van der Waals surface area contributed by atoms with E-state index in [4.69, 9.17) is 4.74 Å². The summed E-state index contributed by atoms with van der Waals surface area (Å²) in [6.07, 6.45) is 0. The van der Waals surface area contributed by atoms with Gasteiger partial charge in [0, 0.05) is 26.1 Å². The molecule has 0 unspecified atom stereocenters. The van der Waals surface area contributed by atoms with E-state index in [9.17, 15) is 0 Å². The fourth-order valence-electron chi connectivity index (χ4n) is 0.947. The molecule has 68 valence electrons. The van der Waals surface area contributed by atoms with E-state index in [0.29, 0.717) is 5.92 Å². The van der Waals surface area contributed by atoms with Crippen LogP contribution in [0.4, 0.5) is 0 Å². The lowest BCUT2D eigenvalue weighted by Gasteiger charge is -2.39. The van der Waals surface area contributed by atoms with Crippen LogP contribution >= 0.6 is 0 Å². The Morgan fingerprint density at radius 2 is 1.73 bits per heavy atom. The van der Waals surface area contributed by atoms with E-state index in [1.54, 1.807) is 7.11 Å². The van der Waals surface area contributed by atoms with Crippen molar-refractivity contribution in [1.82, 2.24) is 5.32 Å². The molecule has 2 nitrogen and oxygen atoms in total. The molecule has 1 heterocycles. The van der Waals surface area contributed by atoms with Crippen molar-refractivity contribution in [3.8, 4) is 0 Å². The zero-order chi connectivity index (χ0) is 8.91. The molecule has 1 aliphatic heterocycles. The first-order valence-corrected chi connectivity index (χ1v) is 4.42. The largest absolute Gasteiger partial charge is 0.378 e. The fraction of sp³-hybridized carbons (Fsp3) is 1.00. The third kappa shape index (κ3) is 2.80. The average Bonchev–Trinajstić information content (AvgIpc) is 1.88. The predicted molar refractivity (Wildman–Crippen MR) is 48.8 cm³/mol. The molecule has 0 aromatic rings. The molecule has 0 radical (unpaired) electrons. The van der Waals surface area contributed by atoms with Gasteiger partial charge in [-0.1, -0.05) is 13.8 Å². The SMILES string of the molecule is CC.COC(C)(C)C1CNC1. The molecule has 0 bridgehead atoms. The van der Waals surface area contributed by atoms with Crippen molar-refractivity contribution in [2.75, 3.05) is 20.2 Å². The fourth-order valence-corrected chi connectivity index (χ4v) is 0.947. The number of hydrogen-bond acceptors (Lipinski definition) is 2. The van der Waals surface area contributed by atoms with Gasteiger partial charge in [0.05, 0.1) is 5.60 Å². The molecule has 1 N–H and O–H groups in total. The summed E-state index contributed by atoms with van der Waals surface area (Å²) in [7, 11) is 1.78. The summed E-state index contributed by atoms with van der Waals surface area (Å²) < 4.78 is 5.30. The van der Waals surface area contributed by atoms with Crippen LogP contribution in [0.2, 0.25) is 0 Å². The maximum atomic E-state index is 5.30. The number of hydrogen-bond donors (Lipinski definition) is 1. The van der Waals surface area contributed by atoms with Crippen molar-refractivity contribution >= 4 is 0 Å². The quantitative estimate of drug-likeness (QED) is 0.661. The van der Waals surface area contributed by atoms with Gasteiger partial charge >= 0.3 is 0 Å². The molecule has 0 saturated carbocycles. The average molecular weight is 159 g/mol. The van der Waals surface area contributed by atoms with E-state index in [0.717, 1.165) is 13.1 Å². The molecule has 1 fully saturated rings. The summed E-state index contributed by atoms with van der Waals surface area (Å²) in [6.45, 7) is 10.5. The molecular weight excluding hydrogens is 138 g/mol. The first kappa shape index (κ1) is 10.9. The van der Waals surface area contributed by atoms with Gasteiger partial charge in [-0.05, 0) is 13.8 Å². The highest BCUT2D eigenvalue weighted by Crippen LogP contribution is 2.23. The lowest BCUT2D eigenvalue weighted by Crippen LogP contribution is -2.53. The maximum absolute atomic E-state index is 5.30. The molecule has 1 rings (SSSR count). The zero-order valence-corrected chi connectivity index (χ0v) is 8.40. The molecule has 0 spiro atoms. The highest BCUT2D eigenvalue weighted by molar-refractivity contribution is 4.88. The second kappa shape index (κ2) is 4.73. The van der Waals surface area contributed by atoms with Crippen LogP contribution in [0.1, 0.15) is 27.7 Å². The summed E-state index contributed by atoms with van der Waals surface area (Å²) >= 11 is 0. The second-order valence-electron chi connectivity index (χ2n) is 3.16. The van der Waals surface area contributed by atoms with E-state index in [-0.39, 0.29) is 5.60 Å². The van der Waals surface area contributed by atoms with Gasteiger partial charge in [-0.25, -0.2) is 0 Å². The minimum atomic E-state index is 0.0747. The van der Waals surface area contributed by atoms with Gasteiger partial charge in [0.15, 0.2) is 0 Å². The Labute approximate surface area is 70.3 Å². The number of ether oxygens (including phenoxy) is 1. The van der Waals surface area contributed by atoms with Crippen molar-refractivity contribution in [3.05, 3.63) is 0 Å². The van der Waals surface area contributed by atoms with Crippen molar-refractivity contribution in [3.63, 3.8) is 0 Å². The summed E-state index contributed by atoms with van der Waals surface area (Å²) in [6, 6.07) is 0. The van der Waals surface area contributed by atoms with Gasteiger partial charge in [-0.15, -0.1) is 0 Å². The smallest absolute Gasteiger partial charge is 0.0675 e. The molecule has 0 aromatic carbocycles. The molecule has 11 heavy (non-hydrogen) atoms. The molecule has 0 aromatic heterocycles. The molecular formula is C9H21NO. The lowest BCUT2D eigenvalue weighted by molar-refractivity contribution is -0.0452. The van der Waals surface area contributed by atoms with Crippen LogP contribution in [0.3, 0.4) is 0 Å². The molecule has 0 aliphatic carbocycles. The summed E-state index contributed by atoms with van der Waals surface area (Å²) in [5.41, 5.74) is 0.0747. The lowest BCUT2D eigenvalue weighted by atomic mass is 9.86. The van der Waals surface area contributed by atoms with E-state index >= 15 is 0 Å². The van der Waals surface area contributed by atoms with Gasteiger partial charge < -0.3 is 10.1 Å². The van der Waals surface area contributed by atoms with Crippen LogP contribution in [0.5, 0.6) is 0 Å². The second-order valence-corrected chi connectivity index (χ2v) is 3.16. The van der Waals surface area contributed by atoms with Crippen LogP contribution in [0, 0.1) is 5.92 Å². The monoisotopic (exact) mass is 159 g/mol. The van der Waals surface area contributed by atoms with Crippen molar-refractivity contribution in [1.29, 1.82) is 0 Å². The molecule has 0 atom stereocenters. The van der Waals surface area contributed by atoms with Crippen LogP contribution in [-0.2, 0) is 4.74 Å². The first-order chi connectivity index (χ1) is 5.17. The summed E-state index contributed by atoms with van der Waals surface area (Å²) in [5.74, 6) is 0.711. The van der Waals surface area contributed by atoms with Crippen LogP contribution in [0.25, 0.3) is 0 Å². The predicted octanol–water partition coefficient (Wildman–Crippen LogP) is 1.66. The maximum Gasteiger partial charge on any atom is 0.0675 e. The molecule has 1 aliphatic rings. The van der Waals surface area contributed by atoms with Crippen molar-refractivity contribution < 1.29 is 4.74 Å². The Bertz CT molecular complexity index is 97.7. The normalized spacial score (nSPS) is 18.3. The highest BCUT2D eigenvalue weighted by Gasteiger charge is 2.33. The van der Waals surface area contributed by atoms with Crippen LogP contribution in [0.15, 0.2) is 0 Å². The van der Waals surface area contributed by atoms with E-state index in [2.05, 4.69) is 19.2 Å². The number of methoxy groups -OCH3 is 1. The van der Waals surface area contributed by atoms with Crippen LogP contribution < -0.4 is 5.32 Å². The minimum absolute atomic E-state index is 0.0747. The van der Waals surface area contributed by atoms with E-state index in [1.165, 1.54) is 0 Å². The summed E-state index contributed by atoms with van der Waals surface area (Å²) in [5, 5.41) is 3.22. The van der Waals surface area contributed by atoms with Gasteiger partial charge in [-0.2, -0.15) is 0 Å². The third-order valence-corrected chi connectivity index (χ3v) is 2.29. The summed E-state index contributed by atoms with van der Waals surface area (Å²) in [4.78, 5) is 0. The van der Waals surface area contributed by atoms with Gasteiger partial charge in [-0.3, -0.25) is 0 Å². The van der Waals surface area contributed by atoms with E-state index in [1.807, 2.05) is 13.8 Å². The topological polar surface area (TPSA) is 21.3 Å². The highest BCUT2D eigenvalue weighted by atomic mass is 16.5. The van der Waals surface area contributed by atoms with Crippen LogP contribution in [-0.4, -0.2) is 25.8 Å². The van der Waals surface area contributed by atoms with Crippen molar-refractivity contribution in [2.24, 2.45) is 5.92 Å². The van der Waals surface area contributed by atoms with Gasteiger partial charge in [0.25, 0.3) is 0 Å².